The minimum absolute atomic E-state index is 0.0129. The van der Waals surface area contributed by atoms with Crippen molar-refractivity contribution in [3.63, 3.8) is 0 Å². The van der Waals surface area contributed by atoms with Crippen molar-refractivity contribution < 1.29 is 19.1 Å². The van der Waals surface area contributed by atoms with Crippen molar-refractivity contribution in [2.24, 2.45) is 0 Å². The van der Waals surface area contributed by atoms with Crippen LogP contribution < -0.4 is 5.32 Å². The van der Waals surface area contributed by atoms with Crippen LogP contribution in [0.3, 0.4) is 0 Å². The second-order valence-electron chi connectivity index (χ2n) is 7.55. The fourth-order valence-electron chi connectivity index (χ4n) is 3.66. The van der Waals surface area contributed by atoms with E-state index in [1.807, 2.05) is 18.2 Å². The Labute approximate surface area is 179 Å². The highest BCUT2D eigenvalue weighted by atomic mass is 16.5. The SMILES string of the molecule is COC1=C(OC)C(=O)C(CCCCCCCCCCNc2ccccn2)=C(C)C1=O. The molecule has 0 fully saturated rings. The molecule has 0 unspecified atom stereocenters. The average Bonchev–Trinajstić information content (AvgIpc) is 2.77. The first-order valence-electron chi connectivity index (χ1n) is 10.9. The van der Waals surface area contributed by atoms with Crippen LogP contribution in [0.25, 0.3) is 0 Å². The zero-order valence-electron chi connectivity index (χ0n) is 18.5. The minimum atomic E-state index is -0.249. The van der Waals surface area contributed by atoms with Crippen LogP contribution >= 0.6 is 0 Å². The summed E-state index contributed by atoms with van der Waals surface area (Å²) >= 11 is 0. The van der Waals surface area contributed by atoms with Gasteiger partial charge in [0.2, 0.25) is 23.1 Å². The van der Waals surface area contributed by atoms with Crippen LogP contribution in [0.2, 0.25) is 0 Å². The van der Waals surface area contributed by atoms with Gasteiger partial charge in [-0.2, -0.15) is 0 Å². The molecule has 30 heavy (non-hydrogen) atoms. The molecule has 0 spiro atoms. The number of ether oxygens (including phenoxy) is 2. The zero-order chi connectivity index (χ0) is 21.8. The highest BCUT2D eigenvalue weighted by Gasteiger charge is 2.34. The number of carbonyl (C=O) groups excluding carboxylic acids is 2. The minimum Gasteiger partial charge on any atom is -0.489 e. The van der Waals surface area contributed by atoms with E-state index in [-0.39, 0.29) is 23.1 Å². The molecular weight excluding hydrogens is 380 g/mol. The Kier molecular flexibility index (Phi) is 10.1. The van der Waals surface area contributed by atoms with Crippen LogP contribution in [0.4, 0.5) is 5.82 Å². The molecule has 0 aromatic carbocycles. The Bertz CT molecular complexity index is 769. The van der Waals surface area contributed by atoms with E-state index in [2.05, 4.69) is 10.3 Å². The lowest BCUT2D eigenvalue weighted by molar-refractivity contribution is -0.121. The number of unbranched alkanes of at least 4 members (excludes halogenated alkanes) is 7. The summed E-state index contributed by atoms with van der Waals surface area (Å²) < 4.78 is 10.2. The topological polar surface area (TPSA) is 77.5 Å². The van der Waals surface area contributed by atoms with Crippen LogP contribution in [0.5, 0.6) is 0 Å². The number of pyridine rings is 1. The molecule has 0 aliphatic heterocycles. The van der Waals surface area contributed by atoms with Crippen molar-refractivity contribution in [2.75, 3.05) is 26.1 Å². The summed E-state index contributed by atoms with van der Waals surface area (Å²) in [7, 11) is 2.78. The third kappa shape index (κ3) is 6.71. The van der Waals surface area contributed by atoms with Crippen LogP contribution in [-0.4, -0.2) is 37.3 Å². The average molecular weight is 415 g/mol. The summed E-state index contributed by atoms with van der Waals surface area (Å²) in [5, 5.41) is 3.33. The number of rotatable bonds is 14. The quantitative estimate of drug-likeness (QED) is 0.342. The van der Waals surface area contributed by atoms with Gasteiger partial charge in [0.05, 0.1) is 14.2 Å². The Hall–Kier alpha value is -2.63. The smallest absolute Gasteiger partial charge is 0.228 e. The van der Waals surface area contributed by atoms with Gasteiger partial charge in [0, 0.05) is 23.9 Å². The van der Waals surface area contributed by atoms with Gasteiger partial charge in [-0.3, -0.25) is 9.59 Å². The Morgan fingerprint density at radius 1 is 0.833 bits per heavy atom. The van der Waals surface area contributed by atoms with Gasteiger partial charge >= 0.3 is 0 Å². The first kappa shape index (κ1) is 23.6. The van der Waals surface area contributed by atoms with E-state index in [4.69, 9.17) is 9.47 Å². The number of carbonyl (C=O) groups is 2. The molecule has 2 rings (SSSR count). The van der Waals surface area contributed by atoms with Gasteiger partial charge in [-0.15, -0.1) is 0 Å². The van der Waals surface area contributed by atoms with Crippen molar-refractivity contribution >= 4 is 17.4 Å². The van der Waals surface area contributed by atoms with E-state index in [0.29, 0.717) is 17.6 Å². The maximum Gasteiger partial charge on any atom is 0.228 e. The molecule has 0 saturated heterocycles. The standard InChI is InChI=1S/C24H34N2O4/c1-18-19(22(28)24(30-3)23(29-2)21(18)27)14-10-8-6-4-5-7-9-12-16-25-20-15-11-13-17-26-20/h11,13,15,17H,4-10,12,14,16H2,1-3H3,(H,25,26). The number of methoxy groups -OCH3 is 2. The molecule has 6 nitrogen and oxygen atoms in total. The molecule has 1 aromatic rings. The lowest BCUT2D eigenvalue weighted by Crippen LogP contribution is -2.25. The molecule has 1 aliphatic carbocycles. The molecule has 1 N–H and O–H groups in total. The van der Waals surface area contributed by atoms with Crippen LogP contribution in [-0.2, 0) is 19.1 Å². The normalized spacial score (nSPS) is 14.4. The molecule has 0 amide bonds. The Balaban J connectivity index is 1.56. The predicted molar refractivity (Wildman–Crippen MR) is 118 cm³/mol. The van der Waals surface area contributed by atoms with Gasteiger partial charge < -0.3 is 14.8 Å². The Morgan fingerprint density at radius 2 is 1.43 bits per heavy atom. The van der Waals surface area contributed by atoms with E-state index >= 15 is 0 Å². The van der Waals surface area contributed by atoms with Gasteiger partial charge in [0.1, 0.15) is 5.82 Å². The number of nitrogens with zero attached hydrogens (tertiary/aromatic N) is 1. The van der Waals surface area contributed by atoms with Crippen molar-refractivity contribution in [2.45, 2.75) is 64.7 Å². The van der Waals surface area contributed by atoms with E-state index in [9.17, 15) is 9.59 Å². The number of anilines is 1. The molecule has 1 aromatic heterocycles. The molecule has 164 valence electrons. The van der Waals surface area contributed by atoms with Gasteiger partial charge in [-0.1, -0.05) is 44.6 Å². The molecule has 1 aliphatic rings. The summed E-state index contributed by atoms with van der Waals surface area (Å²) in [6.45, 7) is 2.66. The molecule has 6 heteroatoms. The molecule has 0 atom stereocenters. The summed E-state index contributed by atoms with van der Waals surface area (Å²) in [6, 6.07) is 5.89. The van der Waals surface area contributed by atoms with Gasteiger partial charge in [0.25, 0.3) is 0 Å². The van der Waals surface area contributed by atoms with E-state index in [1.165, 1.54) is 39.9 Å². The maximum atomic E-state index is 12.6. The number of aromatic nitrogens is 1. The largest absolute Gasteiger partial charge is 0.489 e. The highest BCUT2D eigenvalue weighted by molar-refractivity contribution is 6.23. The molecule has 0 saturated carbocycles. The number of allylic oxidation sites excluding steroid dienone is 2. The molecule has 1 heterocycles. The van der Waals surface area contributed by atoms with E-state index in [1.54, 1.807) is 13.1 Å². The lowest BCUT2D eigenvalue weighted by atomic mass is 9.89. The number of hydrogen-bond acceptors (Lipinski definition) is 6. The molecule has 0 bridgehead atoms. The van der Waals surface area contributed by atoms with Crippen LogP contribution in [0.1, 0.15) is 64.7 Å². The first-order valence-corrected chi connectivity index (χ1v) is 10.9. The fraction of sp³-hybridized carbons (Fsp3) is 0.542. The van der Waals surface area contributed by atoms with Gasteiger partial charge in [-0.25, -0.2) is 4.98 Å². The summed E-state index contributed by atoms with van der Waals surface area (Å²) in [5.41, 5.74) is 1.05. The monoisotopic (exact) mass is 414 g/mol. The Morgan fingerprint density at radius 3 is 2.03 bits per heavy atom. The van der Waals surface area contributed by atoms with Crippen LogP contribution in [0.15, 0.2) is 47.1 Å². The van der Waals surface area contributed by atoms with Gasteiger partial charge in [0.15, 0.2) is 0 Å². The van der Waals surface area contributed by atoms with Gasteiger partial charge in [-0.05, 0) is 38.3 Å². The second kappa shape index (κ2) is 12.8. The summed E-state index contributed by atoms with van der Waals surface area (Å²) in [4.78, 5) is 29.2. The highest BCUT2D eigenvalue weighted by Crippen LogP contribution is 2.28. The fourth-order valence-corrected chi connectivity index (χ4v) is 3.66. The number of nitrogens with one attached hydrogen (secondary N) is 1. The summed E-state index contributed by atoms with van der Waals surface area (Å²) in [6.07, 6.45) is 11.6. The predicted octanol–water partition coefficient (Wildman–Crippen LogP) is 4.98. The third-order valence-electron chi connectivity index (χ3n) is 5.42. The number of Topliss-reactive ketones (excluding diaryl/α,β-unsaturated/α-hetero) is 2. The van der Waals surface area contributed by atoms with E-state index < -0.39 is 0 Å². The van der Waals surface area contributed by atoms with E-state index in [0.717, 1.165) is 38.0 Å². The summed E-state index contributed by atoms with van der Waals surface area (Å²) in [5.74, 6) is 0.513. The van der Waals surface area contributed by atoms with Crippen molar-refractivity contribution in [3.05, 3.63) is 47.1 Å². The number of hydrogen-bond donors (Lipinski definition) is 1. The third-order valence-corrected chi connectivity index (χ3v) is 5.42. The lowest BCUT2D eigenvalue weighted by Gasteiger charge is -2.20. The first-order chi connectivity index (χ1) is 14.6. The molecule has 0 radical (unpaired) electrons. The maximum absolute atomic E-state index is 12.6. The van der Waals surface area contributed by atoms with Crippen molar-refractivity contribution in [1.29, 1.82) is 0 Å². The number of ketones is 2. The zero-order valence-corrected chi connectivity index (χ0v) is 18.5. The second-order valence-corrected chi connectivity index (χ2v) is 7.55. The van der Waals surface area contributed by atoms with Crippen LogP contribution in [0, 0.1) is 0 Å². The molecular formula is C24H34N2O4. The van der Waals surface area contributed by atoms with Crippen molar-refractivity contribution in [1.82, 2.24) is 4.98 Å². The van der Waals surface area contributed by atoms with Crippen molar-refractivity contribution in [3.8, 4) is 0 Å².